The number of carbonyl (C=O) groups is 1. The Bertz CT molecular complexity index is 720. The van der Waals surface area contributed by atoms with E-state index in [2.05, 4.69) is 51.0 Å². The van der Waals surface area contributed by atoms with Crippen LogP contribution in [-0.2, 0) is 0 Å². The number of nitrogens with two attached hydrogens (primary N) is 1. The number of imidazole rings is 1. The molecular formula is C17H24N4O. The average molecular weight is 300 g/mol. The molecule has 1 amide bonds. The number of primary amides is 1. The van der Waals surface area contributed by atoms with Gasteiger partial charge < -0.3 is 11.1 Å². The molecule has 5 heteroatoms. The molecule has 118 valence electrons. The van der Waals surface area contributed by atoms with E-state index in [1.807, 2.05) is 10.5 Å². The van der Waals surface area contributed by atoms with Crippen molar-refractivity contribution in [2.75, 3.05) is 5.32 Å². The van der Waals surface area contributed by atoms with Gasteiger partial charge in [-0.1, -0.05) is 19.9 Å². The SMILES string of the molecule is CC(C)/C=C/c1nc2ccc(C(N)=O)cn2c1NC(C)(C)C. The fourth-order valence-electron chi connectivity index (χ4n) is 2.09. The number of nitrogens with zero attached hydrogens (tertiary/aromatic N) is 2. The maximum atomic E-state index is 11.4. The maximum absolute atomic E-state index is 11.4. The van der Waals surface area contributed by atoms with E-state index in [0.717, 1.165) is 17.2 Å². The molecule has 0 radical (unpaired) electrons. The molecule has 0 bridgehead atoms. The van der Waals surface area contributed by atoms with Crippen molar-refractivity contribution < 1.29 is 4.79 Å². The Labute approximate surface area is 131 Å². The summed E-state index contributed by atoms with van der Waals surface area (Å²) in [4.78, 5) is 16.0. The lowest BCUT2D eigenvalue weighted by Gasteiger charge is -2.22. The van der Waals surface area contributed by atoms with Gasteiger partial charge in [0.15, 0.2) is 0 Å². The highest BCUT2D eigenvalue weighted by molar-refractivity contribution is 5.93. The molecule has 2 aromatic heterocycles. The van der Waals surface area contributed by atoms with Crippen LogP contribution >= 0.6 is 0 Å². The lowest BCUT2D eigenvalue weighted by Crippen LogP contribution is -2.27. The van der Waals surface area contributed by atoms with Gasteiger partial charge in [-0.25, -0.2) is 4.98 Å². The molecule has 0 spiro atoms. The number of hydrogen-bond acceptors (Lipinski definition) is 3. The van der Waals surface area contributed by atoms with E-state index in [9.17, 15) is 4.79 Å². The molecule has 0 aliphatic rings. The Kier molecular flexibility index (Phi) is 4.26. The Morgan fingerprint density at radius 1 is 1.36 bits per heavy atom. The summed E-state index contributed by atoms with van der Waals surface area (Å²) < 4.78 is 1.88. The van der Waals surface area contributed by atoms with Crippen molar-refractivity contribution in [3.05, 3.63) is 35.7 Å². The number of pyridine rings is 1. The van der Waals surface area contributed by atoms with E-state index in [0.29, 0.717) is 11.5 Å². The molecule has 3 N–H and O–H groups in total. The normalized spacial score (nSPS) is 12.5. The van der Waals surface area contributed by atoms with Gasteiger partial charge in [0.1, 0.15) is 17.2 Å². The third kappa shape index (κ3) is 3.67. The number of allylic oxidation sites excluding steroid dienone is 1. The molecule has 0 saturated heterocycles. The first-order valence-corrected chi connectivity index (χ1v) is 7.45. The molecule has 2 aromatic rings. The summed E-state index contributed by atoms with van der Waals surface area (Å²) in [6.07, 6.45) is 5.84. The van der Waals surface area contributed by atoms with Crippen LogP contribution in [0.15, 0.2) is 24.4 Å². The third-order valence-corrected chi connectivity index (χ3v) is 3.06. The molecule has 0 saturated carbocycles. The molecule has 0 aliphatic carbocycles. The van der Waals surface area contributed by atoms with Crippen LogP contribution in [-0.4, -0.2) is 20.8 Å². The topological polar surface area (TPSA) is 72.4 Å². The van der Waals surface area contributed by atoms with Gasteiger partial charge in [0.2, 0.25) is 5.91 Å². The van der Waals surface area contributed by atoms with E-state index in [1.165, 1.54) is 0 Å². The van der Waals surface area contributed by atoms with Crippen molar-refractivity contribution in [1.82, 2.24) is 9.38 Å². The summed E-state index contributed by atoms with van der Waals surface area (Å²) in [5, 5.41) is 3.46. The van der Waals surface area contributed by atoms with Crippen LogP contribution in [0.25, 0.3) is 11.7 Å². The highest BCUT2D eigenvalue weighted by atomic mass is 16.1. The zero-order chi connectivity index (χ0) is 16.5. The zero-order valence-electron chi connectivity index (χ0n) is 13.8. The summed E-state index contributed by atoms with van der Waals surface area (Å²) >= 11 is 0. The third-order valence-electron chi connectivity index (χ3n) is 3.06. The molecular weight excluding hydrogens is 276 g/mol. The second kappa shape index (κ2) is 5.83. The lowest BCUT2D eigenvalue weighted by atomic mass is 10.1. The molecule has 0 unspecified atom stereocenters. The van der Waals surface area contributed by atoms with E-state index >= 15 is 0 Å². The molecule has 5 nitrogen and oxygen atoms in total. The number of rotatable bonds is 4. The largest absolute Gasteiger partial charge is 0.366 e. The number of fused-ring (bicyclic) bond motifs is 1. The summed E-state index contributed by atoms with van der Waals surface area (Å²) in [7, 11) is 0. The number of amides is 1. The molecule has 2 heterocycles. The van der Waals surface area contributed by atoms with Crippen LogP contribution in [0.2, 0.25) is 0 Å². The smallest absolute Gasteiger partial charge is 0.250 e. The van der Waals surface area contributed by atoms with Crippen LogP contribution in [0.4, 0.5) is 5.82 Å². The first-order valence-electron chi connectivity index (χ1n) is 7.45. The zero-order valence-corrected chi connectivity index (χ0v) is 13.8. The van der Waals surface area contributed by atoms with Crippen molar-refractivity contribution in [2.45, 2.75) is 40.2 Å². The molecule has 0 fully saturated rings. The number of aromatic nitrogens is 2. The first kappa shape index (κ1) is 16.1. The Balaban J connectivity index is 2.62. The average Bonchev–Trinajstić information content (AvgIpc) is 2.72. The van der Waals surface area contributed by atoms with Crippen LogP contribution in [0.1, 0.15) is 50.7 Å². The van der Waals surface area contributed by atoms with Gasteiger partial charge in [-0.2, -0.15) is 0 Å². The number of hydrogen-bond donors (Lipinski definition) is 2. The quantitative estimate of drug-likeness (QED) is 0.910. The van der Waals surface area contributed by atoms with Gasteiger partial charge in [0.25, 0.3) is 0 Å². The van der Waals surface area contributed by atoms with Gasteiger partial charge in [0.05, 0.1) is 5.56 Å². The van der Waals surface area contributed by atoms with Gasteiger partial charge in [-0.05, 0) is 44.9 Å². The standard InChI is InChI=1S/C17H24N4O/c1-11(2)6-8-13-16(20-17(3,4)5)21-10-12(15(18)22)7-9-14(21)19-13/h6-11,20H,1-5H3,(H2,18,22)/b8-6+. The van der Waals surface area contributed by atoms with Crippen LogP contribution in [0, 0.1) is 5.92 Å². The van der Waals surface area contributed by atoms with Crippen LogP contribution in [0.5, 0.6) is 0 Å². The van der Waals surface area contributed by atoms with E-state index in [1.54, 1.807) is 18.3 Å². The number of nitrogens with one attached hydrogen (secondary N) is 1. The monoisotopic (exact) mass is 300 g/mol. The Morgan fingerprint density at radius 2 is 2.05 bits per heavy atom. The Morgan fingerprint density at radius 3 is 2.59 bits per heavy atom. The van der Waals surface area contributed by atoms with E-state index < -0.39 is 5.91 Å². The van der Waals surface area contributed by atoms with Crippen molar-refractivity contribution >= 4 is 23.4 Å². The number of carbonyl (C=O) groups excluding carboxylic acids is 1. The fraction of sp³-hybridized carbons (Fsp3) is 0.412. The lowest BCUT2D eigenvalue weighted by molar-refractivity contribution is 0.1000. The van der Waals surface area contributed by atoms with Gasteiger partial charge in [0, 0.05) is 11.7 Å². The van der Waals surface area contributed by atoms with Gasteiger partial charge in [-0.15, -0.1) is 0 Å². The highest BCUT2D eigenvalue weighted by Crippen LogP contribution is 2.24. The molecule has 22 heavy (non-hydrogen) atoms. The molecule has 0 aliphatic heterocycles. The maximum Gasteiger partial charge on any atom is 0.250 e. The van der Waals surface area contributed by atoms with Crippen LogP contribution in [0.3, 0.4) is 0 Å². The van der Waals surface area contributed by atoms with Crippen LogP contribution < -0.4 is 11.1 Å². The Hall–Kier alpha value is -2.30. The predicted octanol–water partition coefficient (Wildman–Crippen LogP) is 3.31. The summed E-state index contributed by atoms with van der Waals surface area (Å²) in [6, 6.07) is 3.50. The summed E-state index contributed by atoms with van der Waals surface area (Å²) in [5.74, 6) is 0.854. The van der Waals surface area contributed by atoms with Crippen molar-refractivity contribution in [3.63, 3.8) is 0 Å². The minimum Gasteiger partial charge on any atom is -0.366 e. The van der Waals surface area contributed by atoms with Gasteiger partial charge in [-0.3, -0.25) is 9.20 Å². The molecule has 0 atom stereocenters. The minimum absolute atomic E-state index is 0.126. The minimum atomic E-state index is -0.448. The second-order valence-corrected chi connectivity index (χ2v) is 6.83. The second-order valence-electron chi connectivity index (χ2n) is 6.83. The van der Waals surface area contributed by atoms with E-state index in [4.69, 9.17) is 5.73 Å². The highest BCUT2D eigenvalue weighted by Gasteiger charge is 2.17. The first-order chi connectivity index (χ1) is 10.2. The van der Waals surface area contributed by atoms with Crippen molar-refractivity contribution in [1.29, 1.82) is 0 Å². The van der Waals surface area contributed by atoms with Gasteiger partial charge >= 0.3 is 0 Å². The van der Waals surface area contributed by atoms with Crippen molar-refractivity contribution in [3.8, 4) is 0 Å². The fourth-order valence-corrected chi connectivity index (χ4v) is 2.09. The number of anilines is 1. The van der Waals surface area contributed by atoms with Crippen molar-refractivity contribution in [2.24, 2.45) is 11.7 Å². The molecule has 2 rings (SSSR count). The summed E-state index contributed by atoms with van der Waals surface area (Å²) in [5.41, 5.74) is 7.34. The predicted molar refractivity (Wildman–Crippen MR) is 91.0 cm³/mol. The summed E-state index contributed by atoms with van der Waals surface area (Å²) in [6.45, 7) is 10.5. The van der Waals surface area contributed by atoms with E-state index in [-0.39, 0.29) is 5.54 Å². The molecule has 0 aromatic carbocycles.